The van der Waals surface area contributed by atoms with Crippen molar-refractivity contribution in [1.29, 1.82) is 0 Å². The van der Waals surface area contributed by atoms with E-state index in [2.05, 4.69) is 30.3 Å². The molecule has 3 rings (SSSR count). The number of anilines is 1. The largest absolute Gasteiger partial charge is 0.345 e. The molecule has 1 unspecified atom stereocenters. The number of hydrogen-bond donors (Lipinski definition) is 1. The predicted octanol–water partition coefficient (Wildman–Crippen LogP) is 4.05. The average Bonchev–Trinajstić information content (AvgIpc) is 3.19. The van der Waals surface area contributed by atoms with Crippen molar-refractivity contribution in [3.05, 3.63) is 11.1 Å². The summed E-state index contributed by atoms with van der Waals surface area (Å²) in [5, 5.41) is 4.79. The third-order valence-corrected chi connectivity index (χ3v) is 5.92. The molecule has 0 amide bonds. The van der Waals surface area contributed by atoms with Gasteiger partial charge in [-0.05, 0) is 44.1 Å². The fraction of sp³-hybridized carbons (Fsp3) is 0.824. The van der Waals surface area contributed by atoms with Crippen LogP contribution >= 0.6 is 11.3 Å². The van der Waals surface area contributed by atoms with Gasteiger partial charge in [0.2, 0.25) is 0 Å². The second-order valence-corrected chi connectivity index (χ2v) is 8.18. The predicted molar refractivity (Wildman–Crippen MR) is 91.0 cm³/mol. The molecule has 1 aromatic heterocycles. The minimum atomic E-state index is 0.711. The zero-order chi connectivity index (χ0) is 14.7. The highest BCUT2D eigenvalue weighted by Gasteiger charge is 2.34. The lowest BCUT2D eigenvalue weighted by Crippen LogP contribution is -2.34. The second-order valence-electron chi connectivity index (χ2n) is 7.08. The summed E-state index contributed by atoms with van der Waals surface area (Å²) < 4.78 is 0. The van der Waals surface area contributed by atoms with Gasteiger partial charge in [-0.25, -0.2) is 4.98 Å². The van der Waals surface area contributed by atoms with Crippen LogP contribution in [0.25, 0.3) is 0 Å². The molecule has 0 spiro atoms. The summed E-state index contributed by atoms with van der Waals surface area (Å²) in [6.07, 6.45) is 10.6. The maximum atomic E-state index is 4.72. The zero-order valence-electron chi connectivity index (χ0n) is 13.5. The maximum Gasteiger partial charge on any atom is 0.185 e. The van der Waals surface area contributed by atoms with Crippen LogP contribution in [0.4, 0.5) is 5.13 Å². The molecule has 0 aromatic carbocycles. The summed E-state index contributed by atoms with van der Waals surface area (Å²) in [5.41, 5.74) is 0. The normalized spacial score (nSPS) is 23.6. The van der Waals surface area contributed by atoms with Crippen LogP contribution in [0.3, 0.4) is 0 Å². The van der Waals surface area contributed by atoms with E-state index in [0.717, 1.165) is 25.0 Å². The molecule has 2 fully saturated rings. The molecule has 1 saturated carbocycles. The van der Waals surface area contributed by atoms with Gasteiger partial charge >= 0.3 is 0 Å². The monoisotopic (exact) mass is 307 g/mol. The van der Waals surface area contributed by atoms with E-state index in [-0.39, 0.29) is 0 Å². The van der Waals surface area contributed by atoms with E-state index in [9.17, 15) is 0 Å². The van der Waals surface area contributed by atoms with Crippen LogP contribution in [-0.2, 0) is 6.54 Å². The summed E-state index contributed by atoms with van der Waals surface area (Å²) in [7, 11) is 0. The molecule has 1 aliphatic carbocycles. The summed E-state index contributed by atoms with van der Waals surface area (Å²) in [6, 6.07) is 0.773. The molecule has 1 aromatic rings. The first-order valence-electron chi connectivity index (χ1n) is 8.66. The van der Waals surface area contributed by atoms with Crippen LogP contribution in [0, 0.1) is 11.8 Å². The third kappa shape index (κ3) is 3.78. The van der Waals surface area contributed by atoms with Crippen molar-refractivity contribution in [3.8, 4) is 0 Å². The van der Waals surface area contributed by atoms with Crippen LogP contribution in [0.5, 0.6) is 0 Å². The molecule has 0 bridgehead atoms. The number of aromatic nitrogens is 1. The van der Waals surface area contributed by atoms with Crippen molar-refractivity contribution in [1.82, 2.24) is 10.3 Å². The lowest BCUT2D eigenvalue weighted by atomic mass is 9.96. The van der Waals surface area contributed by atoms with Crippen LogP contribution < -0.4 is 10.2 Å². The Balaban J connectivity index is 1.59. The van der Waals surface area contributed by atoms with Crippen LogP contribution in [0.1, 0.15) is 57.2 Å². The Morgan fingerprint density at radius 1 is 1.29 bits per heavy atom. The SMILES string of the molecule is CC(C)CNCc1cnc(N2CCCC2C2CCCC2)s1. The summed E-state index contributed by atoms with van der Waals surface area (Å²) in [4.78, 5) is 8.72. The van der Waals surface area contributed by atoms with Gasteiger partial charge in [0.05, 0.1) is 0 Å². The number of nitrogens with one attached hydrogen (secondary N) is 1. The van der Waals surface area contributed by atoms with Gasteiger partial charge in [0.15, 0.2) is 5.13 Å². The highest BCUT2D eigenvalue weighted by atomic mass is 32.1. The summed E-state index contributed by atoms with van der Waals surface area (Å²) in [5.74, 6) is 1.64. The molecule has 21 heavy (non-hydrogen) atoms. The minimum Gasteiger partial charge on any atom is -0.345 e. The minimum absolute atomic E-state index is 0.711. The molecular weight excluding hydrogens is 278 g/mol. The van der Waals surface area contributed by atoms with Gasteiger partial charge in [-0.15, -0.1) is 11.3 Å². The number of nitrogens with zero attached hydrogens (tertiary/aromatic N) is 2. The van der Waals surface area contributed by atoms with Gasteiger partial charge in [-0.3, -0.25) is 0 Å². The Labute approximate surface area is 133 Å². The van der Waals surface area contributed by atoms with Crippen molar-refractivity contribution >= 4 is 16.5 Å². The van der Waals surface area contributed by atoms with Gasteiger partial charge in [-0.2, -0.15) is 0 Å². The van der Waals surface area contributed by atoms with Gasteiger partial charge in [-0.1, -0.05) is 26.7 Å². The van der Waals surface area contributed by atoms with Crippen molar-refractivity contribution in [2.75, 3.05) is 18.0 Å². The molecule has 2 aliphatic rings. The summed E-state index contributed by atoms with van der Waals surface area (Å²) in [6.45, 7) is 7.77. The fourth-order valence-corrected chi connectivity index (χ4v) is 4.82. The lowest BCUT2D eigenvalue weighted by molar-refractivity contribution is 0.430. The number of hydrogen-bond acceptors (Lipinski definition) is 4. The molecule has 2 heterocycles. The third-order valence-electron chi connectivity index (χ3n) is 4.88. The van der Waals surface area contributed by atoms with E-state index in [0.29, 0.717) is 5.92 Å². The van der Waals surface area contributed by atoms with Gasteiger partial charge in [0.1, 0.15) is 0 Å². The molecule has 0 radical (unpaired) electrons. The van der Waals surface area contributed by atoms with Gasteiger partial charge in [0, 0.05) is 30.2 Å². The Hall–Kier alpha value is -0.610. The van der Waals surface area contributed by atoms with E-state index in [4.69, 9.17) is 4.98 Å². The van der Waals surface area contributed by atoms with Crippen LogP contribution in [0.2, 0.25) is 0 Å². The first kappa shape index (κ1) is 15.3. The Bertz CT molecular complexity index is 437. The average molecular weight is 308 g/mol. The van der Waals surface area contributed by atoms with Crippen molar-refractivity contribution in [2.24, 2.45) is 11.8 Å². The van der Waals surface area contributed by atoms with Gasteiger partial charge < -0.3 is 10.2 Å². The highest BCUT2D eigenvalue weighted by molar-refractivity contribution is 7.15. The van der Waals surface area contributed by atoms with Crippen molar-refractivity contribution in [3.63, 3.8) is 0 Å². The van der Waals surface area contributed by atoms with E-state index in [1.165, 1.54) is 55.1 Å². The Kier molecular flexibility index (Phi) is 5.17. The van der Waals surface area contributed by atoms with Crippen molar-refractivity contribution < 1.29 is 0 Å². The molecule has 1 atom stereocenters. The second kappa shape index (κ2) is 7.10. The van der Waals surface area contributed by atoms with E-state index in [1.54, 1.807) is 0 Å². The number of rotatable bonds is 6. The molecule has 3 nitrogen and oxygen atoms in total. The maximum absolute atomic E-state index is 4.72. The fourth-order valence-electron chi connectivity index (χ4n) is 3.86. The van der Waals surface area contributed by atoms with Gasteiger partial charge in [0.25, 0.3) is 0 Å². The first-order chi connectivity index (χ1) is 10.2. The zero-order valence-corrected chi connectivity index (χ0v) is 14.3. The standard InChI is InChI=1S/C17H29N3S/c1-13(2)10-18-11-15-12-19-17(21-15)20-9-5-8-16(20)14-6-3-4-7-14/h12-14,16,18H,3-11H2,1-2H3. The highest BCUT2D eigenvalue weighted by Crippen LogP contribution is 2.38. The quantitative estimate of drug-likeness (QED) is 0.859. The Morgan fingerprint density at radius 2 is 2.10 bits per heavy atom. The van der Waals surface area contributed by atoms with E-state index in [1.807, 2.05) is 11.3 Å². The Morgan fingerprint density at radius 3 is 2.86 bits per heavy atom. The lowest BCUT2D eigenvalue weighted by Gasteiger charge is -2.29. The molecule has 1 aliphatic heterocycles. The van der Waals surface area contributed by atoms with Crippen LogP contribution in [0.15, 0.2) is 6.20 Å². The smallest absolute Gasteiger partial charge is 0.185 e. The van der Waals surface area contributed by atoms with Crippen LogP contribution in [-0.4, -0.2) is 24.1 Å². The number of thiazole rings is 1. The molecule has 1 N–H and O–H groups in total. The first-order valence-corrected chi connectivity index (χ1v) is 9.47. The summed E-state index contributed by atoms with van der Waals surface area (Å²) >= 11 is 1.90. The van der Waals surface area contributed by atoms with Crippen molar-refractivity contribution in [2.45, 2.75) is 65.0 Å². The van der Waals surface area contributed by atoms with E-state index >= 15 is 0 Å². The van der Waals surface area contributed by atoms with E-state index < -0.39 is 0 Å². The molecule has 4 heteroatoms. The molecule has 1 saturated heterocycles. The molecule has 118 valence electrons. The molecular formula is C17H29N3S. The topological polar surface area (TPSA) is 28.2 Å².